The number of carboxylic acids is 1. The van der Waals surface area contributed by atoms with Gasteiger partial charge in [-0.05, 0) is 50.0 Å². The van der Waals surface area contributed by atoms with Gasteiger partial charge in [-0.25, -0.2) is 0 Å². The summed E-state index contributed by atoms with van der Waals surface area (Å²) < 4.78 is 0. The fourth-order valence-corrected chi connectivity index (χ4v) is 3.36. The molecule has 0 aromatic carbocycles. The second-order valence-corrected chi connectivity index (χ2v) is 7.38. The number of carboxylic acid groups (broad SMARTS) is 1. The first-order valence-corrected chi connectivity index (χ1v) is 10.5. The number of hydrogen-bond donors (Lipinski definition) is 2. The van der Waals surface area contributed by atoms with Crippen molar-refractivity contribution in [3.8, 4) is 0 Å². The highest BCUT2D eigenvalue weighted by molar-refractivity contribution is 7.99. The Morgan fingerprint density at radius 1 is 1.00 bits per heavy atom. The highest BCUT2D eigenvalue weighted by Gasteiger charge is 1.98. The molecule has 136 valence electrons. The molecule has 0 aliphatic heterocycles. The van der Waals surface area contributed by atoms with E-state index in [4.69, 9.17) is 5.11 Å². The lowest BCUT2D eigenvalue weighted by Crippen LogP contribution is -2.00. The van der Waals surface area contributed by atoms with Crippen LogP contribution in [0.1, 0.15) is 84.0 Å². The summed E-state index contributed by atoms with van der Waals surface area (Å²) in [6, 6.07) is 0. The molecule has 0 unspecified atom stereocenters. The summed E-state index contributed by atoms with van der Waals surface area (Å²) in [5, 5.41) is 18.2. The lowest BCUT2D eigenvalue weighted by Gasteiger charge is -2.03. The zero-order valence-electron chi connectivity index (χ0n) is 14.8. The van der Waals surface area contributed by atoms with E-state index in [1.807, 2.05) is 17.8 Å². The molecule has 0 aliphatic rings. The van der Waals surface area contributed by atoms with E-state index in [1.165, 1.54) is 37.9 Å². The number of aliphatic hydroxyl groups excluding tert-OH is 1. The molecule has 0 saturated heterocycles. The van der Waals surface area contributed by atoms with Crippen molar-refractivity contribution >= 4 is 17.7 Å². The van der Waals surface area contributed by atoms with Gasteiger partial charge in [0.15, 0.2) is 0 Å². The van der Waals surface area contributed by atoms with Crippen LogP contribution in [0, 0.1) is 0 Å². The van der Waals surface area contributed by atoms with Gasteiger partial charge in [-0.3, -0.25) is 4.79 Å². The summed E-state index contributed by atoms with van der Waals surface area (Å²) >= 11 is 1.95. The van der Waals surface area contributed by atoms with Crippen LogP contribution in [-0.4, -0.2) is 33.8 Å². The molecule has 0 heterocycles. The minimum atomic E-state index is -0.680. The van der Waals surface area contributed by atoms with Crippen molar-refractivity contribution in [3.05, 3.63) is 12.2 Å². The van der Waals surface area contributed by atoms with Crippen molar-refractivity contribution in [3.63, 3.8) is 0 Å². The van der Waals surface area contributed by atoms with Crippen molar-refractivity contribution in [2.45, 2.75) is 90.1 Å². The Balaban J connectivity index is 3.16. The zero-order valence-corrected chi connectivity index (χ0v) is 15.7. The smallest absolute Gasteiger partial charge is 0.303 e. The summed E-state index contributed by atoms with van der Waals surface area (Å²) in [4.78, 5) is 10.4. The van der Waals surface area contributed by atoms with E-state index in [1.54, 1.807) is 0 Å². The number of allylic oxidation sites excluding steroid dienone is 1. The average molecular weight is 345 g/mol. The molecule has 0 aromatic rings. The lowest BCUT2D eigenvalue weighted by atomic mass is 10.1. The number of thioether (sulfide) groups is 1. The monoisotopic (exact) mass is 344 g/mol. The first-order chi connectivity index (χ1) is 11.2. The van der Waals surface area contributed by atoms with E-state index < -0.39 is 5.97 Å². The first kappa shape index (κ1) is 22.5. The van der Waals surface area contributed by atoms with E-state index in [9.17, 15) is 9.90 Å². The van der Waals surface area contributed by atoms with E-state index in [2.05, 4.69) is 13.0 Å². The van der Waals surface area contributed by atoms with Gasteiger partial charge in [-0.1, -0.05) is 51.2 Å². The van der Waals surface area contributed by atoms with Crippen molar-refractivity contribution in [1.29, 1.82) is 0 Å². The molecule has 0 bridgehead atoms. The molecule has 3 nitrogen and oxygen atoms in total. The number of unbranched alkanes of at least 4 members (excludes halogenated alkanes) is 7. The molecule has 4 heteroatoms. The lowest BCUT2D eigenvalue weighted by molar-refractivity contribution is -0.137. The molecular formula is C19H36O3S. The zero-order chi connectivity index (χ0) is 17.2. The summed E-state index contributed by atoms with van der Waals surface area (Å²) in [5.74, 6) is 1.62. The molecule has 23 heavy (non-hydrogen) atoms. The largest absolute Gasteiger partial charge is 0.481 e. The van der Waals surface area contributed by atoms with Crippen molar-refractivity contribution in [1.82, 2.24) is 0 Å². The Morgan fingerprint density at radius 3 is 2.35 bits per heavy atom. The third kappa shape index (κ3) is 19.5. The summed E-state index contributed by atoms with van der Waals surface area (Å²) in [5.41, 5.74) is 0. The van der Waals surface area contributed by atoms with E-state index in [-0.39, 0.29) is 6.10 Å². The van der Waals surface area contributed by atoms with Gasteiger partial charge in [-0.2, -0.15) is 11.8 Å². The van der Waals surface area contributed by atoms with Gasteiger partial charge in [0, 0.05) is 6.42 Å². The van der Waals surface area contributed by atoms with Crippen LogP contribution in [0.5, 0.6) is 0 Å². The van der Waals surface area contributed by atoms with Crippen molar-refractivity contribution < 1.29 is 15.0 Å². The maximum absolute atomic E-state index is 10.4. The second kappa shape index (κ2) is 17.9. The minimum absolute atomic E-state index is 0.248. The standard InChI is InChI=1S/C19H36O3S/c1-2-3-13-18(20)14-9-7-5-4-6-8-11-16-23-17-12-10-15-19(21)22/h9,14,18,20H,2-8,10-13,15-17H2,1H3,(H,21,22)/t18-/m1/s1. The Labute approximate surface area is 146 Å². The molecule has 0 radical (unpaired) electrons. The third-order valence-electron chi connectivity index (χ3n) is 3.80. The number of rotatable bonds is 17. The van der Waals surface area contributed by atoms with Crippen LogP contribution in [0.15, 0.2) is 12.2 Å². The van der Waals surface area contributed by atoms with Gasteiger partial charge in [0.05, 0.1) is 6.10 Å². The molecule has 0 saturated carbocycles. The summed E-state index contributed by atoms with van der Waals surface area (Å²) in [6.07, 6.45) is 16.6. The number of carbonyl (C=O) groups is 1. The molecule has 0 aliphatic carbocycles. The van der Waals surface area contributed by atoms with Gasteiger partial charge >= 0.3 is 5.97 Å². The highest BCUT2D eigenvalue weighted by atomic mass is 32.2. The predicted molar refractivity (Wildman–Crippen MR) is 101 cm³/mol. The molecule has 0 rings (SSSR count). The van der Waals surface area contributed by atoms with Gasteiger partial charge < -0.3 is 10.2 Å². The number of aliphatic hydroxyl groups is 1. The normalized spacial score (nSPS) is 12.8. The topological polar surface area (TPSA) is 57.5 Å². The van der Waals surface area contributed by atoms with Crippen LogP contribution in [0.25, 0.3) is 0 Å². The minimum Gasteiger partial charge on any atom is -0.481 e. The fraction of sp³-hybridized carbons (Fsp3) is 0.842. The number of aliphatic carboxylic acids is 1. The summed E-state index contributed by atoms with van der Waals surface area (Å²) in [7, 11) is 0. The maximum atomic E-state index is 10.4. The summed E-state index contributed by atoms with van der Waals surface area (Å²) in [6.45, 7) is 2.15. The van der Waals surface area contributed by atoms with Crippen molar-refractivity contribution in [2.75, 3.05) is 11.5 Å². The molecule has 0 aromatic heterocycles. The van der Waals surface area contributed by atoms with Gasteiger partial charge in [0.25, 0.3) is 0 Å². The number of hydrogen-bond acceptors (Lipinski definition) is 3. The third-order valence-corrected chi connectivity index (χ3v) is 4.96. The molecule has 0 spiro atoms. The fourth-order valence-electron chi connectivity index (χ4n) is 2.34. The molecule has 2 N–H and O–H groups in total. The molecular weight excluding hydrogens is 308 g/mol. The Morgan fingerprint density at radius 2 is 1.65 bits per heavy atom. The van der Waals surface area contributed by atoms with Crippen molar-refractivity contribution in [2.24, 2.45) is 0 Å². The Kier molecular flexibility index (Phi) is 17.5. The highest BCUT2D eigenvalue weighted by Crippen LogP contribution is 2.12. The van der Waals surface area contributed by atoms with Gasteiger partial charge in [0.2, 0.25) is 0 Å². The van der Waals surface area contributed by atoms with Crippen LogP contribution < -0.4 is 0 Å². The quantitative estimate of drug-likeness (QED) is 0.273. The van der Waals surface area contributed by atoms with E-state index in [0.29, 0.717) is 6.42 Å². The second-order valence-electron chi connectivity index (χ2n) is 6.16. The van der Waals surface area contributed by atoms with Crippen LogP contribution in [-0.2, 0) is 4.79 Å². The van der Waals surface area contributed by atoms with Crippen LogP contribution in [0.4, 0.5) is 0 Å². The van der Waals surface area contributed by atoms with Gasteiger partial charge in [-0.15, -0.1) is 0 Å². The maximum Gasteiger partial charge on any atom is 0.303 e. The van der Waals surface area contributed by atoms with E-state index >= 15 is 0 Å². The van der Waals surface area contributed by atoms with Crippen LogP contribution in [0.2, 0.25) is 0 Å². The molecule has 0 fully saturated rings. The molecule has 0 amide bonds. The Bertz CT molecular complexity index is 292. The predicted octanol–water partition coefficient (Wildman–Crippen LogP) is 5.42. The molecule has 1 atom stereocenters. The van der Waals surface area contributed by atoms with Gasteiger partial charge in [0.1, 0.15) is 0 Å². The van der Waals surface area contributed by atoms with Crippen LogP contribution in [0.3, 0.4) is 0 Å². The SMILES string of the molecule is CCCC[C@@H](O)C=CCCCCCCCSCCCCC(=O)O. The van der Waals surface area contributed by atoms with E-state index in [0.717, 1.165) is 44.3 Å². The Hall–Kier alpha value is -0.480. The first-order valence-electron chi connectivity index (χ1n) is 9.31. The average Bonchev–Trinajstić information content (AvgIpc) is 2.52. The van der Waals surface area contributed by atoms with Crippen LogP contribution >= 0.6 is 11.8 Å².